The summed E-state index contributed by atoms with van der Waals surface area (Å²) >= 11 is 9.57. The second kappa shape index (κ2) is 18.6. The zero-order valence-electron chi connectivity index (χ0n) is 26.7. The number of hydrogen-bond acceptors (Lipinski definition) is 6. The quantitative estimate of drug-likeness (QED) is 0.158. The molecular formula is C42H46N2S4. The van der Waals surface area contributed by atoms with Gasteiger partial charge in [-0.15, -0.1) is 47.1 Å². The zero-order valence-corrected chi connectivity index (χ0v) is 30.1. The number of thioether (sulfide) groups is 1. The second-order valence-corrected chi connectivity index (χ2v) is 16.4. The first-order valence-corrected chi connectivity index (χ1v) is 19.3. The Balaban J connectivity index is 0.000000160. The van der Waals surface area contributed by atoms with Crippen molar-refractivity contribution in [2.45, 2.75) is 40.1 Å². The average molecular weight is 707 g/mol. The highest BCUT2D eigenvalue weighted by molar-refractivity contribution is 8.01. The summed E-state index contributed by atoms with van der Waals surface area (Å²) in [5.41, 5.74) is 5.57. The lowest BCUT2D eigenvalue weighted by Gasteiger charge is -2.44. The van der Waals surface area contributed by atoms with Crippen molar-refractivity contribution in [2.75, 3.05) is 26.2 Å². The van der Waals surface area contributed by atoms with Crippen LogP contribution >= 0.6 is 47.1 Å². The van der Waals surface area contributed by atoms with Gasteiger partial charge in [-0.2, -0.15) is 0 Å². The average Bonchev–Trinajstić information content (AvgIpc) is 3.80. The van der Waals surface area contributed by atoms with Gasteiger partial charge in [-0.3, -0.25) is 9.80 Å². The summed E-state index contributed by atoms with van der Waals surface area (Å²) in [6.45, 7) is 7.03. The molecule has 2 saturated heterocycles. The molecular weight excluding hydrogens is 661 g/mol. The van der Waals surface area contributed by atoms with Gasteiger partial charge in [0.05, 0.1) is 20.5 Å². The fraction of sp³-hybridized carbons (Fsp3) is 0.238. The van der Waals surface area contributed by atoms with Crippen LogP contribution in [0.25, 0.3) is 0 Å². The highest BCUT2D eigenvalue weighted by Crippen LogP contribution is 2.39. The van der Waals surface area contributed by atoms with E-state index >= 15 is 0 Å². The molecule has 0 amide bonds. The lowest BCUT2D eigenvalue weighted by atomic mass is 9.91. The number of thiol groups is 1. The van der Waals surface area contributed by atoms with Crippen molar-refractivity contribution in [1.29, 1.82) is 0 Å². The molecule has 0 bridgehead atoms. The van der Waals surface area contributed by atoms with Crippen molar-refractivity contribution in [3.63, 3.8) is 0 Å². The Hall–Kier alpha value is -3.10. The van der Waals surface area contributed by atoms with Gasteiger partial charge < -0.3 is 0 Å². The van der Waals surface area contributed by atoms with E-state index in [4.69, 9.17) is 0 Å². The van der Waals surface area contributed by atoms with Gasteiger partial charge in [-0.05, 0) is 51.1 Å². The Kier molecular flexibility index (Phi) is 14.0. The van der Waals surface area contributed by atoms with E-state index in [-0.39, 0.29) is 7.43 Å². The van der Waals surface area contributed by atoms with Gasteiger partial charge in [0.2, 0.25) is 0 Å². The molecule has 4 heterocycles. The first kappa shape index (κ1) is 36.2. The summed E-state index contributed by atoms with van der Waals surface area (Å²) in [5.74, 6) is 0.833. The van der Waals surface area contributed by atoms with Crippen molar-refractivity contribution in [2.24, 2.45) is 5.92 Å². The van der Waals surface area contributed by atoms with Crippen LogP contribution < -0.4 is 0 Å². The van der Waals surface area contributed by atoms with Gasteiger partial charge in [0, 0.05) is 31.4 Å². The van der Waals surface area contributed by atoms with Crippen molar-refractivity contribution in [3.8, 4) is 0 Å². The number of benzene rings is 4. The van der Waals surface area contributed by atoms with Crippen molar-refractivity contribution >= 4 is 47.1 Å². The maximum Gasteiger partial charge on any atom is 0.0602 e. The Labute approximate surface area is 305 Å². The van der Waals surface area contributed by atoms with Gasteiger partial charge in [0.1, 0.15) is 0 Å². The van der Waals surface area contributed by atoms with E-state index in [0.29, 0.717) is 17.3 Å². The minimum absolute atomic E-state index is 0. The van der Waals surface area contributed by atoms with Crippen molar-refractivity contribution in [3.05, 3.63) is 179 Å². The van der Waals surface area contributed by atoms with Crippen LogP contribution in [0.2, 0.25) is 0 Å². The summed E-state index contributed by atoms with van der Waals surface area (Å²) in [5, 5.41) is 4.88. The van der Waals surface area contributed by atoms with E-state index in [1.54, 1.807) is 11.3 Å². The first-order chi connectivity index (χ1) is 23.1. The number of rotatable bonds is 8. The van der Waals surface area contributed by atoms with Gasteiger partial charge in [0.25, 0.3) is 0 Å². The second-order valence-electron chi connectivity index (χ2n) is 12.1. The molecule has 0 radical (unpaired) electrons. The summed E-state index contributed by atoms with van der Waals surface area (Å²) < 4.78 is 2.51. The van der Waals surface area contributed by atoms with Crippen LogP contribution in [-0.2, 0) is 0 Å². The Morgan fingerprint density at radius 1 is 0.542 bits per heavy atom. The Bertz CT molecular complexity index is 1600. The number of likely N-dealkylation sites (tertiary alicyclic amines) is 2. The monoisotopic (exact) mass is 706 g/mol. The predicted octanol–water partition coefficient (Wildman–Crippen LogP) is 11.7. The lowest BCUT2D eigenvalue weighted by Crippen LogP contribution is -2.50. The van der Waals surface area contributed by atoms with Crippen LogP contribution in [0.1, 0.15) is 48.7 Å². The lowest BCUT2D eigenvalue weighted by molar-refractivity contribution is 0.0796. The SMILES string of the molecule is C.CC1CN(C(c2ccccc2)c2ccccc2)C1.Sc1cccs1.c1ccc(C(c2ccccc2)N2CC(Sc3cccs3)C2)cc1. The normalized spacial score (nSPS) is 14.9. The highest BCUT2D eigenvalue weighted by Gasteiger charge is 2.34. The largest absolute Gasteiger partial charge is 0.292 e. The Morgan fingerprint density at radius 2 is 0.938 bits per heavy atom. The minimum atomic E-state index is 0. The predicted molar refractivity (Wildman–Crippen MR) is 214 cm³/mol. The molecule has 0 atom stereocenters. The van der Waals surface area contributed by atoms with Crippen LogP contribution in [-0.4, -0.2) is 41.2 Å². The van der Waals surface area contributed by atoms with E-state index in [9.17, 15) is 0 Å². The molecule has 248 valence electrons. The highest BCUT2D eigenvalue weighted by atomic mass is 32.2. The molecule has 2 nitrogen and oxygen atoms in total. The molecule has 2 aliphatic heterocycles. The smallest absolute Gasteiger partial charge is 0.0602 e. The van der Waals surface area contributed by atoms with E-state index in [0.717, 1.165) is 23.2 Å². The van der Waals surface area contributed by atoms with E-state index in [1.165, 1.54) is 39.6 Å². The minimum Gasteiger partial charge on any atom is -0.292 e. The van der Waals surface area contributed by atoms with Crippen LogP contribution in [0.3, 0.4) is 0 Å². The molecule has 2 aliphatic rings. The van der Waals surface area contributed by atoms with Gasteiger partial charge in [-0.1, -0.05) is 148 Å². The van der Waals surface area contributed by atoms with E-state index < -0.39 is 0 Å². The molecule has 0 spiro atoms. The van der Waals surface area contributed by atoms with Crippen LogP contribution in [0.15, 0.2) is 165 Å². The maximum atomic E-state index is 4.05. The standard InChI is InChI=1S/C20H19NS2.C17H19N.C4H4S2.CH4/c1-3-8-16(9-4-1)20(17-10-5-2-6-11-17)21-14-18(15-21)23-19-12-7-13-22-19;1-14-12-18(13-14)17(15-8-4-2-5-9-15)16-10-6-3-7-11-16;5-4-2-1-3-6-4;/h1-13,18,20H,14-15H2;2-11,14,17H,12-13H2,1H3;1-3,5H;1H4. The van der Waals surface area contributed by atoms with Gasteiger partial charge in [0.15, 0.2) is 0 Å². The van der Waals surface area contributed by atoms with Crippen LogP contribution in [0.5, 0.6) is 0 Å². The zero-order chi connectivity index (χ0) is 32.3. The molecule has 6 aromatic rings. The van der Waals surface area contributed by atoms with Gasteiger partial charge >= 0.3 is 0 Å². The third kappa shape index (κ3) is 9.97. The summed E-state index contributed by atoms with van der Waals surface area (Å²) in [6, 6.07) is 52.5. The van der Waals surface area contributed by atoms with Crippen molar-refractivity contribution < 1.29 is 0 Å². The van der Waals surface area contributed by atoms with Crippen molar-refractivity contribution in [1.82, 2.24) is 9.80 Å². The molecule has 0 N–H and O–H groups in total. The number of thiophene rings is 2. The first-order valence-electron chi connectivity index (χ1n) is 16.2. The van der Waals surface area contributed by atoms with E-state index in [1.807, 2.05) is 40.6 Å². The number of hydrogen-bond donors (Lipinski definition) is 1. The summed E-state index contributed by atoms with van der Waals surface area (Å²) in [7, 11) is 0. The number of nitrogens with zero attached hydrogens (tertiary/aromatic N) is 2. The fourth-order valence-electron chi connectivity index (χ4n) is 6.25. The molecule has 48 heavy (non-hydrogen) atoms. The topological polar surface area (TPSA) is 6.48 Å². The van der Waals surface area contributed by atoms with Crippen LogP contribution in [0.4, 0.5) is 0 Å². The Morgan fingerprint density at radius 3 is 1.25 bits per heavy atom. The molecule has 0 unspecified atom stereocenters. The van der Waals surface area contributed by atoms with E-state index in [2.05, 4.69) is 168 Å². The third-order valence-electron chi connectivity index (χ3n) is 8.44. The fourth-order valence-corrected chi connectivity index (χ4v) is 9.23. The summed E-state index contributed by atoms with van der Waals surface area (Å²) in [4.78, 5) is 5.16. The van der Waals surface area contributed by atoms with Gasteiger partial charge in [-0.25, -0.2) is 0 Å². The third-order valence-corrected chi connectivity index (χ3v) is 11.8. The molecule has 0 saturated carbocycles. The molecule has 4 aromatic carbocycles. The maximum absolute atomic E-state index is 4.05. The summed E-state index contributed by atoms with van der Waals surface area (Å²) in [6.07, 6.45) is 0. The van der Waals surface area contributed by atoms with Crippen LogP contribution in [0, 0.1) is 5.92 Å². The molecule has 0 aliphatic carbocycles. The molecule has 8 rings (SSSR count). The molecule has 2 fully saturated rings. The molecule has 2 aromatic heterocycles. The molecule has 6 heteroatoms.